The maximum atomic E-state index is 13.3. The highest BCUT2D eigenvalue weighted by atomic mass is 33.1. The molecule has 3 unspecified atom stereocenters. The lowest BCUT2D eigenvalue weighted by atomic mass is 9.99. The monoisotopic (exact) mass is 572 g/mol. The molecule has 12 heteroatoms. The zero-order chi connectivity index (χ0) is 27.1. The van der Waals surface area contributed by atoms with Gasteiger partial charge in [0.15, 0.2) is 12.6 Å². The number of hydrogen-bond donors (Lipinski definition) is 2. The lowest BCUT2D eigenvalue weighted by Crippen LogP contribution is -2.73. The standard InChI is InChI=1S/C26H28N4O5S3/c1-17(2)23(26(33)35-15-19-10-6-4-7-11-19)29-24(32)22(25(29)37-38-30-27-14-18(3)36-30)28-21(31)16-34-20-12-8-5-9-13-20/h4-14,22-23,25,27H,1,15-16H2,2-3H3,(H,28,31). The van der Waals surface area contributed by atoms with Crippen LogP contribution in [0.25, 0.3) is 0 Å². The van der Waals surface area contributed by atoms with Gasteiger partial charge in [-0.15, -0.1) is 0 Å². The predicted molar refractivity (Wildman–Crippen MR) is 151 cm³/mol. The summed E-state index contributed by atoms with van der Waals surface area (Å²) in [7, 11) is 2.70. The first kappa shape index (κ1) is 28.0. The number of carbonyl (C=O) groups is 3. The number of β-lactam (4-membered cyclic amide) rings is 1. The van der Waals surface area contributed by atoms with Gasteiger partial charge >= 0.3 is 5.97 Å². The molecular weight excluding hydrogens is 545 g/mol. The Morgan fingerprint density at radius 3 is 2.47 bits per heavy atom. The van der Waals surface area contributed by atoms with Crippen molar-refractivity contribution in [3.8, 4) is 5.75 Å². The van der Waals surface area contributed by atoms with Gasteiger partial charge in [-0.2, -0.15) is 0 Å². The zero-order valence-electron chi connectivity index (χ0n) is 20.9. The molecule has 4 rings (SSSR count). The van der Waals surface area contributed by atoms with E-state index < -0.39 is 35.2 Å². The predicted octanol–water partition coefficient (Wildman–Crippen LogP) is 4.03. The maximum absolute atomic E-state index is 13.3. The van der Waals surface area contributed by atoms with Crippen LogP contribution in [0.5, 0.6) is 5.75 Å². The van der Waals surface area contributed by atoms with Gasteiger partial charge in [0.1, 0.15) is 23.8 Å². The van der Waals surface area contributed by atoms with Crippen molar-refractivity contribution in [2.24, 2.45) is 0 Å². The van der Waals surface area contributed by atoms with E-state index in [9.17, 15) is 14.4 Å². The fourth-order valence-electron chi connectivity index (χ4n) is 3.68. The van der Waals surface area contributed by atoms with Crippen LogP contribution in [0.4, 0.5) is 0 Å². The third-order valence-corrected chi connectivity index (χ3v) is 9.24. The number of allylic oxidation sites excluding steroid dienone is 1. The van der Waals surface area contributed by atoms with Gasteiger partial charge in [0.05, 0.1) is 0 Å². The molecule has 0 bridgehead atoms. The second kappa shape index (κ2) is 13.1. The molecule has 2 aromatic carbocycles. The Kier molecular flexibility index (Phi) is 9.67. The van der Waals surface area contributed by atoms with E-state index in [0.717, 1.165) is 10.5 Å². The number of nitrogens with one attached hydrogen (secondary N) is 2. The van der Waals surface area contributed by atoms with Gasteiger partial charge in [-0.3, -0.25) is 9.59 Å². The molecule has 0 spiro atoms. The van der Waals surface area contributed by atoms with Crippen LogP contribution in [0.2, 0.25) is 0 Å². The summed E-state index contributed by atoms with van der Waals surface area (Å²) in [5, 5.41) is 2.21. The third kappa shape index (κ3) is 7.07. The van der Waals surface area contributed by atoms with E-state index in [1.807, 2.05) is 53.3 Å². The Bertz CT molecular complexity index is 1200. The summed E-state index contributed by atoms with van der Waals surface area (Å²) < 4.78 is 12.9. The van der Waals surface area contributed by atoms with Crippen LogP contribution in [0.1, 0.15) is 19.4 Å². The SMILES string of the molecule is C=C(C)C(C(=O)OCc1ccccc1)N1C(=O)C(NC(=O)COc2ccccc2)C1SSN1NC=C(C)S1. The van der Waals surface area contributed by atoms with Gasteiger partial charge in [-0.05, 0) is 59.9 Å². The van der Waals surface area contributed by atoms with Gasteiger partial charge in [-0.25, -0.2) is 4.79 Å². The second-order valence-corrected chi connectivity index (χ2v) is 12.2. The number of hydrogen-bond acceptors (Lipinski definition) is 10. The summed E-state index contributed by atoms with van der Waals surface area (Å²) in [6, 6.07) is 16.4. The minimum absolute atomic E-state index is 0.0777. The van der Waals surface area contributed by atoms with Crippen LogP contribution < -0.4 is 15.5 Å². The number of nitrogens with zero attached hydrogens (tertiary/aromatic N) is 2. The van der Waals surface area contributed by atoms with Crippen LogP contribution in [0, 0.1) is 0 Å². The van der Waals surface area contributed by atoms with Crippen molar-refractivity contribution < 1.29 is 23.9 Å². The maximum Gasteiger partial charge on any atom is 0.333 e. The average Bonchev–Trinajstić information content (AvgIpc) is 3.34. The molecule has 200 valence electrons. The summed E-state index contributed by atoms with van der Waals surface area (Å²) >= 11 is 1.50. The number of esters is 1. The first-order valence-electron chi connectivity index (χ1n) is 11.7. The van der Waals surface area contributed by atoms with Crippen molar-refractivity contribution in [3.05, 3.63) is 89.5 Å². The number of para-hydroxylation sites is 1. The molecule has 2 amide bonds. The lowest BCUT2D eigenvalue weighted by molar-refractivity contribution is -0.163. The molecule has 2 N–H and O–H groups in total. The fraction of sp³-hybridized carbons (Fsp3) is 0.269. The van der Waals surface area contributed by atoms with Crippen molar-refractivity contribution in [2.75, 3.05) is 6.61 Å². The minimum Gasteiger partial charge on any atom is -0.484 e. The highest BCUT2D eigenvalue weighted by Crippen LogP contribution is 2.45. The van der Waals surface area contributed by atoms with Crippen molar-refractivity contribution in [1.82, 2.24) is 19.5 Å². The molecule has 2 aliphatic heterocycles. The van der Waals surface area contributed by atoms with Crippen molar-refractivity contribution >= 4 is 51.5 Å². The van der Waals surface area contributed by atoms with Crippen LogP contribution in [-0.4, -0.2) is 50.6 Å². The molecule has 2 aliphatic rings. The molecule has 2 aromatic rings. The Morgan fingerprint density at radius 2 is 1.84 bits per heavy atom. The summed E-state index contributed by atoms with van der Waals surface area (Å²) in [6.07, 6.45) is 1.86. The largest absolute Gasteiger partial charge is 0.484 e. The molecule has 0 saturated carbocycles. The van der Waals surface area contributed by atoms with Gasteiger partial charge in [0.2, 0.25) is 5.91 Å². The van der Waals surface area contributed by atoms with E-state index in [1.165, 1.54) is 38.6 Å². The lowest BCUT2D eigenvalue weighted by Gasteiger charge is -2.49. The second-order valence-electron chi connectivity index (χ2n) is 8.53. The number of ether oxygens (including phenoxy) is 2. The number of hydrazine groups is 1. The summed E-state index contributed by atoms with van der Waals surface area (Å²) in [5.74, 6) is -0.854. The molecule has 0 aliphatic carbocycles. The van der Waals surface area contributed by atoms with Gasteiger partial charge in [0.25, 0.3) is 5.91 Å². The number of rotatable bonds is 12. The smallest absolute Gasteiger partial charge is 0.333 e. The summed E-state index contributed by atoms with van der Waals surface area (Å²) in [4.78, 5) is 41.6. The first-order valence-corrected chi connectivity index (χ1v) is 14.7. The van der Waals surface area contributed by atoms with E-state index in [2.05, 4.69) is 17.3 Å². The fourth-order valence-corrected chi connectivity index (χ4v) is 7.34. The Morgan fingerprint density at radius 1 is 1.16 bits per heavy atom. The topological polar surface area (TPSA) is 100 Å². The highest BCUT2D eigenvalue weighted by molar-refractivity contribution is 8.77. The van der Waals surface area contributed by atoms with E-state index in [4.69, 9.17) is 9.47 Å². The first-order chi connectivity index (χ1) is 18.3. The quantitative estimate of drug-likeness (QED) is 0.127. The summed E-state index contributed by atoms with van der Waals surface area (Å²) in [5.41, 5.74) is 4.40. The Labute approximate surface area is 234 Å². The van der Waals surface area contributed by atoms with Crippen LogP contribution in [0.15, 0.2) is 83.9 Å². The van der Waals surface area contributed by atoms with E-state index in [-0.39, 0.29) is 13.2 Å². The normalized spacial score (nSPS) is 19.6. The number of benzene rings is 2. The van der Waals surface area contributed by atoms with E-state index >= 15 is 0 Å². The molecular formula is C26H28N4O5S3. The van der Waals surface area contributed by atoms with Gasteiger partial charge in [-0.1, -0.05) is 58.9 Å². The summed E-state index contributed by atoms with van der Waals surface area (Å²) in [6.45, 7) is 7.43. The number of carbonyl (C=O) groups excluding carboxylic acids is 3. The third-order valence-electron chi connectivity index (χ3n) is 5.51. The van der Waals surface area contributed by atoms with Crippen molar-refractivity contribution in [2.45, 2.75) is 37.9 Å². The zero-order valence-corrected chi connectivity index (χ0v) is 23.3. The Hall–Kier alpha value is -3.06. The van der Waals surface area contributed by atoms with Crippen LogP contribution in [0.3, 0.4) is 0 Å². The molecule has 3 atom stereocenters. The molecule has 9 nitrogen and oxygen atoms in total. The highest BCUT2D eigenvalue weighted by Gasteiger charge is 2.54. The Balaban J connectivity index is 1.43. The van der Waals surface area contributed by atoms with Gasteiger partial charge in [0, 0.05) is 22.1 Å². The van der Waals surface area contributed by atoms with Crippen LogP contribution in [-0.2, 0) is 25.7 Å². The molecule has 2 heterocycles. The average molecular weight is 573 g/mol. The molecule has 0 radical (unpaired) electrons. The number of likely N-dealkylation sites (tertiary alicyclic amines) is 1. The molecule has 0 aromatic heterocycles. The van der Waals surface area contributed by atoms with E-state index in [0.29, 0.717) is 11.3 Å². The van der Waals surface area contributed by atoms with Crippen LogP contribution >= 0.6 is 33.7 Å². The number of amides is 2. The minimum atomic E-state index is -0.989. The molecule has 1 fully saturated rings. The van der Waals surface area contributed by atoms with Crippen molar-refractivity contribution in [1.29, 1.82) is 0 Å². The van der Waals surface area contributed by atoms with Crippen molar-refractivity contribution in [3.63, 3.8) is 0 Å². The van der Waals surface area contributed by atoms with Gasteiger partial charge < -0.3 is 25.1 Å². The molecule has 38 heavy (non-hydrogen) atoms. The molecule has 1 saturated heterocycles. The van der Waals surface area contributed by atoms with E-state index in [1.54, 1.807) is 31.2 Å².